The van der Waals surface area contributed by atoms with Crippen LogP contribution in [0.4, 0.5) is 11.4 Å². The molecule has 1 heterocycles. The Bertz CT molecular complexity index is 783. The van der Waals surface area contributed by atoms with E-state index in [9.17, 15) is 4.79 Å². The minimum Gasteiger partial charge on any atom is -0.366 e. The van der Waals surface area contributed by atoms with Gasteiger partial charge >= 0.3 is 0 Å². The second-order valence-corrected chi connectivity index (χ2v) is 4.88. The molecule has 0 aliphatic heterocycles. The lowest BCUT2D eigenvalue weighted by molar-refractivity contribution is 0.100. The van der Waals surface area contributed by atoms with Gasteiger partial charge in [-0.25, -0.2) is 0 Å². The van der Waals surface area contributed by atoms with E-state index in [1.807, 2.05) is 42.5 Å². The van der Waals surface area contributed by atoms with E-state index >= 15 is 0 Å². The van der Waals surface area contributed by atoms with E-state index in [-0.39, 0.29) is 0 Å². The highest BCUT2D eigenvalue weighted by atomic mass is 16.1. The summed E-state index contributed by atoms with van der Waals surface area (Å²) in [6.07, 6.45) is 3.55. The highest BCUT2D eigenvalue weighted by molar-refractivity contribution is 5.93. The number of nitrogens with two attached hydrogens (primary N) is 1. The van der Waals surface area contributed by atoms with E-state index in [1.54, 1.807) is 30.6 Å². The zero-order valence-electron chi connectivity index (χ0n) is 11.9. The zero-order chi connectivity index (χ0) is 15.4. The molecule has 0 aliphatic rings. The van der Waals surface area contributed by atoms with Crippen molar-refractivity contribution < 1.29 is 4.79 Å². The van der Waals surface area contributed by atoms with Gasteiger partial charge in [-0.15, -0.1) is 0 Å². The zero-order valence-corrected chi connectivity index (χ0v) is 11.9. The van der Waals surface area contributed by atoms with Crippen LogP contribution in [-0.4, -0.2) is 10.9 Å². The van der Waals surface area contributed by atoms with Crippen molar-refractivity contribution in [3.8, 4) is 11.1 Å². The van der Waals surface area contributed by atoms with E-state index in [0.717, 1.165) is 22.5 Å². The van der Waals surface area contributed by atoms with Gasteiger partial charge in [-0.05, 0) is 53.6 Å². The molecule has 1 amide bonds. The number of primary amides is 1. The van der Waals surface area contributed by atoms with Crippen LogP contribution in [0.3, 0.4) is 0 Å². The average Bonchev–Trinajstić information content (AvgIpc) is 2.56. The first kappa shape index (κ1) is 13.8. The van der Waals surface area contributed by atoms with Crippen LogP contribution in [0.5, 0.6) is 0 Å². The van der Waals surface area contributed by atoms with Crippen molar-refractivity contribution in [2.75, 3.05) is 5.32 Å². The van der Waals surface area contributed by atoms with Gasteiger partial charge in [0.05, 0.1) is 0 Å². The van der Waals surface area contributed by atoms with Gasteiger partial charge in [0.2, 0.25) is 5.91 Å². The lowest BCUT2D eigenvalue weighted by Crippen LogP contribution is -2.10. The minimum atomic E-state index is -0.434. The number of carbonyl (C=O) groups excluding carboxylic acids is 1. The molecule has 0 fully saturated rings. The molecule has 0 saturated heterocycles. The third-order valence-electron chi connectivity index (χ3n) is 3.33. The summed E-state index contributed by atoms with van der Waals surface area (Å²) in [6, 6.07) is 19.1. The van der Waals surface area contributed by atoms with Crippen molar-refractivity contribution in [2.24, 2.45) is 5.73 Å². The fourth-order valence-electron chi connectivity index (χ4n) is 2.21. The molecular weight excluding hydrogens is 274 g/mol. The number of anilines is 2. The fourth-order valence-corrected chi connectivity index (χ4v) is 2.21. The maximum absolute atomic E-state index is 11.2. The largest absolute Gasteiger partial charge is 0.366 e. The average molecular weight is 289 g/mol. The number of carbonyl (C=O) groups is 1. The molecule has 0 aliphatic carbocycles. The van der Waals surface area contributed by atoms with Crippen LogP contribution < -0.4 is 11.1 Å². The maximum Gasteiger partial charge on any atom is 0.248 e. The molecule has 108 valence electrons. The van der Waals surface area contributed by atoms with Crippen LogP contribution in [0.15, 0.2) is 73.1 Å². The van der Waals surface area contributed by atoms with Crippen molar-refractivity contribution in [3.05, 3.63) is 78.6 Å². The molecule has 1 aromatic heterocycles. The second kappa shape index (κ2) is 6.10. The molecule has 3 N–H and O–H groups in total. The van der Waals surface area contributed by atoms with Gasteiger partial charge in [0.15, 0.2) is 0 Å². The van der Waals surface area contributed by atoms with E-state index in [1.165, 1.54) is 0 Å². The number of benzene rings is 2. The van der Waals surface area contributed by atoms with Gasteiger partial charge in [-0.3, -0.25) is 9.78 Å². The van der Waals surface area contributed by atoms with Crippen LogP contribution >= 0.6 is 0 Å². The van der Waals surface area contributed by atoms with Crippen molar-refractivity contribution in [1.29, 1.82) is 0 Å². The number of hydrogen-bond donors (Lipinski definition) is 2. The van der Waals surface area contributed by atoms with Gasteiger partial charge in [0.1, 0.15) is 0 Å². The molecular formula is C18H15N3O. The smallest absolute Gasteiger partial charge is 0.248 e. The lowest BCUT2D eigenvalue weighted by atomic mass is 10.1. The van der Waals surface area contributed by atoms with Crippen LogP contribution in [0.1, 0.15) is 10.4 Å². The maximum atomic E-state index is 11.2. The first-order valence-corrected chi connectivity index (χ1v) is 6.90. The summed E-state index contributed by atoms with van der Waals surface area (Å²) in [4.78, 5) is 15.2. The molecule has 3 aromatic rings. The standard InChI is InChI=1S/C18H15N3O/c19-18(22)15-2-1-3-17(12-15)21-16-6-4-13(5-7-16)14-8-10-20-11-9-14/h1-12,21H,(H2,19,22). The van der Waals surface area contributed by atoms with Crippen LogP contribution in [0.25, 0.3) is 11.1 Å². The topological polar surface area (TPSA) is 68.0 Å². The summed E-state index contributed by atoms with van der Waals surface area (Å²) in [5.74, 6) is -0.434. The number of hydrogen-bond acceptors (Lipinski definition) is 3. The Balaban J connectivity index is 1.79. The predicted molar refractivity (Wildman–Crippen MR) is 87.9 cm³/mol. The number of nitrogens with zero attached hydrogens (tertiary/aromatic N) is 1. The van der Waals surface area contributed by atoms with Gasteiger partial charge in [-0.1, -0.05) is 18.2 Å². The number of amides is 1. The SMILES string of the molecule is NC(=O)c1cccc(Nc2ccc(-c3ccncc3)cc2)c1. The number of rotatable bonds is 4. The van der Waals surface area contributed by atoms with Crippen molar-refractivity contribution in [3.63, 3.8) is 0 Å². The van der Waals surface area contributed by atoms with Crippen molar-refractivity contribution in [2.45, 2.75) is 0 Å². The highest BCUT2D eigenvalue weighted by Crippen LogP contribution is 2.23. The summed E-state index contributed by atoms with van der Waals surface area (Å²) in [6.45, 7) is 0. The van der Waals surface area contributed by atoms with Crippen molar-refractivity contribution in [1.82, 2.24) is 4.98 Å². The number of nitrogens with one attached hydrogen (secondary N) is 1. The molecule has 2 aromatic carbocycles. The molecule has 0 radical (unpaired) electrons. The second-order valence-electron chi connectivity index (χ2n) is 4.88. The summed E-state index contributed by atoms with van der Waals surface area (Å²) in [5, 5.41) is 3.26. The predicted octanol–water partition coefficient (Wildman–Crippen LogP) is 3.59. The van der Waals surface area contributed by atoms with Crippen LogP contribution in [0, 0.1) is 0 Å². The van der Waals surface area contributed by atoms with E-state index in [0.29, 0.717) is 5.56 Å². The molecule has 3 rings (SSSR count). The third kappa shape index (κ3) is 3.12. The van der Waals surface area contributed by atoms with Crippen molar-refractivity contribution >= 4 is 17.3 Å². The number of pyridine rings is 1. The Kier molecular flexibility index (Phi) is 3.83. The third-order valence-corrected chi connectivity index (χ3v) is 3.33. The quantitative estimate of drug-likeness (QED) is 0.771. The van der Waals surface area contributed by atoms with E-state index in [4.69, 9.17) is 5.73 Å². The summed E-state index contributed by atoms with van der Waals surface area (Å²) in [7, 11) is 0. The first-order chi connectivity index (χ1) is 10.7. The van der Waals surface area contributed by atoms with E-state index in [2.05, 4.69) is 10.3 Å². The van der Waals surface area contributed by atoms with Gasteiger partial charge in [0.25, 0.3) is 0 Å². The number of aromatic nitrogens is 1. The Hall–Kier alpha value is -3.14. The minimum absolute atomic E-state index is 0.434. The summed E-state index contributed by atoms with van der Waals surface area (Å²) < 4.78 is 0. The molecule has 0 saturated carbocycles. The monoisotopic (exact) mass is 289 g/mol. The Labute approximate surface area is 128 Å². The molecule has 0 spiro atoms. The molecule has 22 heavy (non-hydrogen) atoms. The van der Waals surface area contributed by atoms with Crippen LogP contribution in [-0.2, 0) is 0 Å². The van der Waals surface area contributed by atoms with Crippen LogP contribution in [0.2, 0.25) is 0 Å². The summed E-state index contributed by atoms with van der Waals surface area (Å²) in [5.41, 5.74) is 9.79. The normalized spacial score (nSPS) is 10.2. The summed E-state index contributed by atoms with van der Waals surface area (Å²) >= 11 is 0. The molecule has 0 atom stereocenters. The van der Waals surface area contributed by atoms with E-state index < -0.39 is 5.91 Å². The van der Waals surface area contributed by atoms with Gasteiger partial charge in [-0.2, -0.15) is 0 Å². The van der Waals surface area contributed by atoms with Gasteiger partial charge in [0, 0.05) is 29.3 Å². The Morgan fingerprint density at radius 2 is 1.55 bits per heavy atom. The van der Waals surface area contributed by atoms with Gasteiger partial charge < -0.3 is 11.1 Å². The Morgan fingerprint density at radius 1 is 0.864 bits per heavy atom. The molecule has 0 bridgehead atoms. The highest BCUT2D eigenvalue weighted by Gasteiger charge is 2.02. The Morgan fingerprint density at radius 3 is 2.23 bits per heavy atom. The molecule has 4 heteroatoms. The lowest BCUT2D eigenvalue weighted by Gasteiger charge is -2.08. The fraction of sp³-hybridized carbons (Fsp3) is 0. The molecule has 0 unspecified atom stereocenters. The first-order valence-electron chi connectivity index (χ1n) is 6.90. The molecule has 4 nitrogen and oxygen atoms in total.